The highest BCUT2D eigenvalue weighted by molar-refractivity contribution is 6.03. The zero-order valence-electron chi connectivity index (χ0n) is 23.5. The van der Waals surface area contributed by atoms with Crippen LogP contribution in [0.15, 0.2) is 24.3 Å². The molecule has 1 aromatic rings. The first-order valence-corrected chi connectivity index (χ1v) is 13.7. The lowest BCUT2D eigenvalue weighted by atomic mass is 10.1. The van der Waals surface area contributed by atoms with E-state index in [1.165, 1.54) is 4.90 Å². The van der Waals surface area contributed by atoms with E-state index in [1.54, 1.807) is 49.9 Å². The van der Waals surface area contributed by atoms with Crippen molar-refractivity contribution < 1.29 is 43.6 Å². The number of ether oxygens (including phenoxy) is 3. The van der Waals surface area contributed by atoms with E-state index < -0.39 is 41.7 Å². The first-order chi connectivity index (χ1) is 18.9. The molecular formula is C28H41N3O9. The van der Waals surface area contributed by atoms with Crippen LogP contribution in [0.5, 0.6) is 5.75 Å². The topological polar surface area (TPSA) is 155 Å². The van der Waals surface area contributed by atoms with Crippen molar-refractivity contribution in [2.45, 2.75) is 76.8 Å². The molecule has 3 N–H and O–H groups in total. The van der Waals surface area contributed by atoms with Crippen molar-refractivity contribution in [1.29, 1.82) is 0 Å². The third-order valence-electron chi connectivity index (χ3n) is 6.76. The van der Waals surface area contributed by atoms with Crippen molar-refractivity contribution in [3.05, 3.63) is 29.8 Å². The summed E-state index contributed by atoms with van der Waals surface area (Å²) in [6, 6.07) is 6.64. The SMILES string of the molecule is CC(C)(C)OC(=O)COC1CCN(C(=O)[C@@H](OC2CCN(C(=O)O)CC2)C(=O)NCCc2ccc(O)cc2)CC1. The maximum atomic E-state index is 13.5. The second kappa shape index (κ2) is 14.3. The molecule has 12 nitrogen and oxygen atoms in total. The van der Waals surface area contributed by atoms with Gasteiger partial charge in [-0.05, 0) is 70.6 Å². The minimum absolute atomic E-state index is 0.153. The molecule has 2 fully saturated rings. The first kappa shape index (κ1) is 31.2. The number of nitrogens with zero attached hydrogens (tertiary/aromatic N) is 2. The second-order valence-corrected chi connectivity index (χ2v) is 11.1. The van der Waals surface area contributed by atoms with Crippen molar-refractivity contribution in [2.24, 2.45) is 0 Å². The third-order valence-corrected chi connectivity index (χ3v) is 6.76. The molecule has 2 heterocycles. The first-order valence-electron chi connectivity index (χ1n) is 13.7. The largest absolute Gasteiger partial charge is 0.508 e. The summed E-state index contributed by atoms with van der Waals surface area (Å²) >= 11 is 0. The van der Waals surface area contributed by atoms with Crippen molar-refractivity contribution in [3.8, 4) is 5.75 Å². The van der Waals surface area contributed by atoms with E-state index in [4.69, 9.17) is 14.2 Å². The molecule has 0 saturated carbocycles. The molecule has 0 bridgehead atoms. The fourth-order valence-electron chi connectivity index (χ4n) is 4.66. The van der Waals surface area contributed by atoms with Crippen LogP contribution in [0.3, 0.4) is 0 Å². The van der Waals surface area contributed by atoms with Crippen molar-refractivity contribution >= 4 is 23.9 Å². The number of hydrogen-bond donors (Lipinski definition) is 3. The van der Waals surface area contributed by atoms with E-state index in [1.807, 2.05) is 0 Å². The number of carboxylic acid groups (broad SMARTS) is 1. The van der Waals surface area contributed by atoms with Gasteiger partial charge in [-0.15, -0.1) is 0 Å². The number of piperidine rings is 2. The number of carbonyl (C=O) groups is 4. The molecule has 222 valence electrons. The average Bonchev–Trinajstić information content (AvgIpc) is 2.91. The van der Waals surface area contributed by atoms with E-state index in [2.05, 4.69) is 5.32 Å². The van der Waals surface area contributed by atoms with Crippen LogP contribution in [0.4, 0.5) is 4.79 Å². The Kier molecular flexibility index (Phi) is 11.1. The Labute approximate surface area is 234 Å². The summed E-state index contributed by atoms with van der Waals surface area (Å²) in [5, 5.41) is 21.4. The van der Waals surface area contributed by atoms with Crippen LogP contribution in [-0.2, 0) is 35.0 Å². The van der Waals surface area contributed by atoms with Gasteiger partial charge in [0.15, 0.2) is 0 Å². The van der Waals surface area contributed by atoms with Gasteiger partial charge in [0.25, 0.3) is 11.8 Å². The summed E-state index contributed by atoms with van der Waals surface area (Å²) in [5.41, 5.74) is 0.316. The highest BCUT2D eigenvalue weighted by Gasteiger charge is 2.37. The van der Waals surface area contributed by atoms with Crippen LogP contribution in [-0.4, -0.2) is 107 Å². The smallest absolute Gasteiger partial charge is 0.407 e. The molecule has 2 saturated heterocycles. The molecule has 0 aliphatic carbocycles. The molecule has 12 heteroatoms. The zero-order valence-corrected chi connectivity index (χ0v) is 23.5. The van der Waals surface area contributed by atoms with Crippen molar-refractivity contribution in [2.75, 3.05) is 39.3 Å². The van der Waals surface area contributed by atoms with Gasteiger partial charge in [0.05, 0.1) is 12.2 Å². The number of benzene rings is 1. The Morgan fingerprint density at radius 3 is 2.10 bits per heavy atom. The standard InChI is InChI=1S/C28H41N3O9/c1-28(2,3)40-23(33)18-38-21-9-14-30(15-10-21)26(35)24(39-22-11-16-31(17-12-22)27(36)37)25(34)29-13-8-19-4-6-20(32)7-5-19/h4-7,21-22,24,32H,8-18H2,1-3H3,(H,29,34)(H,36,37)/t24-/m0/s1. The maximum Gasteiger partial charge on any atom is 0.407 e. The molecule has 1 aromatic carbocycles. The Morgan fingerprint density at radius 1 is 0.950 bits per heavy atom. The molecule has 3 rings (SSSR count). The lowest BCUT2D eigenvalue weighted by Gasteiger charge is -2.36. The number of carbonyl (C=O) groups excluding carboxylic acids is 3. The van der Waals surface area contributed by atoms with Gasteiger partial charge in [-0.3, -0.25) is 9.59 Å². The Bertz CT molecular complexity index is 1010. The molecule has 3 amide bonds. The van der Waals surface area contributed by atoms with Crippen LogP contribution < -0.4 is 5.32 Å². The average molecular weight is 564 g/mol. The number of likely N-dealkylation sites (tertiary alicyclic amines) is 2. The molecule has 0 spiro atoms. The number of nitrogens with one attached hydrogen (secondary N) is 1. The van der Waals surface area contributed by atoms with Gasteiger partial charge in [-0.25, -0.2) is 9.59 Å². The molecule has 0 radical (unpaired) electrons. The molecule has 1 atom stereocenters. The van der Waals surface area contributed by atoms with Crippen LogP contribution >= 0.6 is 0 Å². The van der Waals surface area contributed by atoms with Crippen molar-refractivity contribution in [1.82, 2.24) is 15.1 Å². The summed E-state index contributed by atoms with van der Waals surface area (Å²) in [6.45, 7) is 6.68. The maximum absolute atomic E-state index is 13.5. The lowest BCUT2D eigenvalue weighted by Crippen LogP contribution is -2.53. The molecule has 40 heavy (non-hydrogen) atoms. The molecule has 0 aromatic heterocycles. The van der Waals surface area contributed by atoms with E-state index >= 15 is 0 Å². The van der Waals surface area contributed by atoms with Gasteiger partial charge < -0.3 is 39.5 Å². The van der Waals surface area contributed by atoms with Crippen molar-refractivity contribution in [3.63, 3.8) is 0 Å². The zero-order chi connectivity index (χ0) is 29.3. The number of rotatable bonds is 10. The van der Waals surface area contributed by atoms with E-state index in [-0.39, 0.29) is 38.1 Å². The number of esters is 1. The summed E-state index contributed by atoms with van der Waals surface area (Å²) in [4.78, 5) is 52.7. The minimum Gasteiger partial charge on any atom is -0.508 e. The van der Waals surface area contributed by atoms with E-state index in [9.17, 15) is 29.4 Å². The number of phenolic OH excluding ortho intramolecular Hbond substituents is 1. The Balaban J connectivity index is 1.55. The summed E-state index contributed by atoms with van der Waals surface area (Å²) in [6.07, 6.45) is -0.728. The van der Waals surface area contributed by atoms with E-state index in [0.717, 1.165) is 5.56 Å². The van der Waals surface area contributed by atoms with Gasteiger partial charge in [0, 0.05) is 32.7 Å². The van der Waals surface area contributed by atoms with Gasteiger partial charge in [-0.2, -0.15) is 0 Å². The van der Waals surface area contributed by atoms with Crippen LogP contribution in [0.1, 0.15) is 52.0 Å². The highest BCUT2D eigenvalue weighted by Crippen LogP contribution is 2.20. The van der Waals surface area contributed by atoms with Gasteiger partial charge in [0.2, 0.25) is 6.10 Å². The Morgan fingerprint density at radius 2 is 1.52 bits per heavy atom. The molecule has 2 aliphatic rings. The van der Waals surface area contributed by atoms with Gasteiger partial charge in [0.1, 0.15) is 18.0 Å². The molecule has 2 aliphatic heterocycles. The highest BCUT2D eigenvalue weighted by atomic mass is 16.6. The normalized spacial score (nSPS) is 17.8. The summed E-state index contributed by atoms with van der Waals surface area (Å²) in [5.74, 6) is -1.29. The summed E-state index contributed by atoms with van der Waals surface area (Å²) < 4.78 is 17.0. The Hall–Kier alpha value is -3.38. The van der Waals surface area contributed by atoms with Gasteiger partial charge in [-0.1, -0.05) is 12.1 Å². The minimum atomic E-state index is -1.36. The van der Waals surface area contributed by atoms with Gasteiger partial charge >= 0.3 is 12.1 Å². The quantitative estimate of drug-likeness (QED) is 0.286. The number of aromatic hydroxyl groups is 1. The predicted octanol–water partition coefficient (Wildman–Crippen LogP) is 1.93. The second-order valence-electron chi connectivity index (χ2n) is 11.1. The fourth-order valence-corrected chi connectivity index (χ4v) is 4.66. The molecule has 0 unspecified atom stereocenters. The number of phenols is 1. The van der Waals surface area contributed by atoms with E-state index in [0.29, 0.717) is 45.2 Å². The summed E-state index contributed by atoms with van der Waals surface area (Å²) in [7, 11) is 0. The molecular weight excluding hydrogens is 522 g/mol. The monoisotopic (exact) mass is 563 g/mol. The fraction of sp³-hybridized carbons (Fsp3) is 0.643. The third kappa shape index (κ3) is 9.98. The lowest BCUT2D eigenvalue weighted by molar-refractivity contribution is -0.166. The number of amides is 3. The van der Waals surface area contributed by atoms with Crippen LogP contribution in [0.2, 0.25) is 0 Å². The number of hydrogen-bond acceptors (Lipinski definition) is 8. The predicted molar refractivity (Wildman–Crippen MR) is 144 cm³/mol. The van der Waals surface area contributed by atoms with Crippen LogP contribution in [0, 0.1) is 0 Å². The van der Waals surface area contributed by atoms with Crippen LogP contribution in [0.25, 0.3) is 0 Å².